The Hall–Kier alpha value is -1.85. The summed E-state index contributed by atoms with van der Waals surface area (Å²) in [6, 6.07) is 0.701. The van der Waals surface area contributed by atoms with Crippen LogP contribution in [0.5, 0.6) is 0 Å². The molecule has 0 aliphatic heterocycles. The number of aryl methyl sites for hydroxylation is 1. The van der Waals surface area contributed by atoms with Crippen LogP contribution < -0.4 is 5.32 Å². The molecular formula is C10H15N3O3. The fourth-order valence-corrected chi connectivity index (χ4v) is 1.37. The molecule has 0 aromatic carbocycles. The number of nitrogens with zero attached hydrogens (tertiary/aromatic N) is 2. The predicted molar refractivity (Wildman–Crippen MR) is 57.0 cm³/mol. The molecule has 88 valence electrons. The van der Waals surface area contributed by atoms with Crippen molar-refractivity contribution >= 4 is 11.9 Å². The minimum atomic E-state index is -1.02. The minimum absolute atomic E-state index is 0.349. The Bertz CT molecular complexity index is 386. The van der Waals surface area contributed by atoms with Gasteiger partial charge in [-0.25, -0.2) is 4.79 Å². The molecule has 1 rings (SSSR count). The van der Waals surface area contributed by atoms with E-state index in [1.165, 1.54) is 10.9 Å². The Morgan fingerprint density at radius 2 is 2.31 bits per heavy atom. The number of nitrogens with one attached hydrogen (secondary N) is 1. The fourth-order valence-electron chi connectivity index (χ4n) is 1.37. The van der Waals surface area contributed by atoms with Gasteiger partial charge >= 0.3 is 5.97 Å². The van der Waals surface area contributed by atoms with Crippen molar-refractivity contribution in [1.29, 1.82) is 0 Å². The lowest BCUT2D eigenvalue weighted by Gasteiger charge is -2.13. The van der Waals surface area contributed by atoms with E-state index in [9.17, 15) is 9.59 Å². The summed E-state index contributed by atoms with van der Waals surface area (Å²) in [5.74, 6) is -1.43. The van der Waals surface area contributed by atoms with Gasteiger partial charge < -0.3 is 10.4 Å². The van der Waals surface area contributed by atoms with Crippen LogP contribution in [0.15, 0.2) is 12.3 Å². The topological polar surface area (TPSA) is 84.2 Å². The van der Waals surface area contributed by atoms with Crippen LogP contribution in [0.25, 0.3) is 0 Å². The molecule has 0 bridgehead atoms. The predicted octanol–water partition coefficient (Wildman–Crippen LogP) is 0.403. The summed E-state index contributed by atoms with van der Waals surface area (Å²) in [6.45, 7) is 1.87. The zero-order chi connectivity index (χ0) is 12.1. The van der Waals surface area contributed by atoms with Gasteiger partial charge in [0.2, 0.25) is 0 Å². The minimum Gasteiger partial charge on any atom is -0.480 e. The van der Waals surface area contributed by atoms with Crippen molar-refractivity contribution in [3.8, 4) is 0 Å². The van der Waals surface area contributed by atoms with Crippen LogP contribution in [-0.2, 0) is 11.8 Å². The molecule has 1 aromatic heterocycles. The molecule has 0 saturated heterocycles. The summed E-state index contributed by atoms with van der Waals surface area (Å²) in [7, 11) is 1.63. The second kappa shape index (κ2) is 5.29. The second-order valence-electron chi connectivity index (χ2n) is 3.49. The Morgan fingerprint density at radius 1 is 1.62 bits per heavy atom. The molecule has 2 N–H and O–H groups in total. The summed E-state index contributed by atoms with van der Waals surface area (Å²) in [5, 5.41) is 15.2. The van der Waals surface area contributed by atoms with Gasteiger partial charge in [-0.15, -0.1) is 0 Å². The molecule has 0 saturated carbocycles. The normalized spacial score (nSPS) is 12.1. The van der Waals surface area contributed by atoms with Gasteiger partial charge in [0, 0.05) is 13.2 Å². The van der Waals surface area contributed by atoms with Crippen molar-refractivity contribution in [3.05, 3.63) is 18.0 Å². The second-order valence-corrected chi connectivity index (χ2v) is 3.49. The average molecular weight is 225 g/mol. The number of carboxylic acids is 1. The Balaban J connectivity index is 2.69. The highest BCUT2D eigenvalue weighted by Gasteiger charge is 2.20. The van der Waals surface area contributed by atoms with Crippen molar-refractivity contribution in [3.63, 3.8) is 0 Å². The highest BCUT2D eigenvalue weighted by molar-refractivity contribution is 5.95. The molecule has 1 atom stereocenters. The maximum Gasteiger partial charge on any atom is 0.326 e. The van der Waals surface area contributed by atoms with Crippen LogP contribution in [0, 0.1) is 0 Å². The van der Waals surface area contributed by atoms with Crippen molar-refractivity contribution in [2.75, 3.05) is 0 Å². The quantitative estimate of drug-likeness (QED) is 0.759. The van der Waals surface area contributed by atoms with Gasteiger partial charge in [0.25, 0.3) is 5.91 Å². The van der Waals surface area contributed by atoms with Crippen molar-refractivity contribution in [2.24, 2.45) is 7.05 Å². The molecule has 0 radical (unpaired) electrons. The van der Waals surface area contributed by atoms with Crippen molar-refractivity contribution < 1.29 is 14.7 Å². The smallest absolute Gasteiger partial charge is 0.326 e. The zero-order valence-corrected chi connectivity index (χ0v) is 9.30. The standard InChI is InChI=1S/C10H15N3O3/c1-3-4-7(10(15)16)12-9(14)8-5-6-11-13(8)2/h5-7H,3-4H2,1-2H3,(H,12,14)(H,15,16)/t7-/m1/s1. The largest absolute Gasteiger partial charge is 0.480 e. The third kappa shape index (κ3) is 2.82. The van der Waals surface area contributed by atoms with Crippen molar-refractivity contribution in [1.82, 2.24) is 15.1 Å². The van der Waals surface area contributed by atoms with Gasteiger partial charge in [-0.2, -0.15) is 5.10 Å². The molecule has 0 spiro atoms. The van der Waals surface area contributed by atoms with E-state index in [0.29, 0.717) is 18.5 Å². The van der Waals surface area contributed by atoms with Gasteiger partial charge in [0.1, 0.15) is 11.7 Å². The van der Waals surface area contributed by atoms with Crippen LogP contribution in [0.4, 0.5) is 0 Å². The molecule has 16 heavy (non-hydrogen) atoms. The molecule has 6 heteroatoms. The van der Waals surface area contributed by atoms with E-state index in [-0.39, 0.29) is 0 Å². The lowest BCUT2D eigenvalue weighted by molar-refractivity contribution is -0.139. The van der Waals surface area contributed by atoms with E-state index < -0.39 is 17.9 Å². The number of carbonyl (C=O) groups excluding carboxylic acids is 1. The number of hydrogen-bond donors (Lipinski definition) is 2. The van der Waals surface area contributed by atoms with E-state index >= 15 is 0 Å². The molecule has 6 nitrogen and oxygen atoms in total. The van der Waals surface area contributed by atoms with Gasteiger partial charge in [0.05, 0.1) is 0 Å². The lowest BCUT2D eigenvalue weighted by Crippen LogP contribution is -2.41. The number of carboxylic acid groups (broad SMARTS) is 1. The SMILES string of the molecule is CCC[C@@H](NC(=O)c1ccnn1C)C(=O)O. The monoisotopic (exact) mass is 225 g/mol. The zero-order valence-electron chi connectivity index (χ0n) is 9.30. The highest BCUT2D eigenvalue weighted by Crippen LogP contribution is 2.01. The van der Waals surface area contributed by atoms with Crippen molar-refractivity contribution in [2.45, 2.75) is 25.8 Å². The number of aliphatic carboxylic acids is 1. The van der Waals surface area contributed by atoms with Gasteiger partial charge in [-0.05, 0) is 12.5 Å². The molecular weight excluding hydrogens is 210 g/mol. The number of amides is 1. The van der Waals surface area contributed by atoms with Gasteiger partial charge in [-0.3, -0.25) is 9.48 Å². The first kappa shape index (κ1) is 12.2. The molecule has 1 amide bonds. The van der Waals surface area contributed by atoms with E-state index in [0.717, 1.165) is 0 Å². The summed E-state index contributed by atoms with van der Waals surface area (Å²) in [4.78, 5) is 22.5. The Labute approximate surface area is 93.3 Å². The van der Waals surface area contributed by atoms with E-state index in [4.69, 9.17) is 5.11 Å². The van der Waals surface area contributed by atoms with Crippen LogP contribution in [0.3, 0.4) is 0 Å². The third-order valence-electron chi connectivity index (χ3n) is 2.23. The van der Waals surface area contributed by atoms with E-state index in [1.54, 1.807) is 13.1 Å². The number of rotatable bonds is 5. The molecule has 0 aliphatic carbocycles. The Kier molecular flexibility index (Phi) is 4.04. The molecule has 1 heterocycles. The summed E-state index contributed by atoms with van der Waals surface area (Å²) >= 11 is 0. The van der Waals surface area contributed by atoms with E-state index in [2.05, 4.69) is 10.4 Å². The first-order chi connectivity index (χ1) is 7.56. The summed E-state index contributed by atoms with van der Waals surface area (Å²) in [6.07, 6.45) is 2.60. The number of hydrogen-bond acceptors (Lipinski definition) is 3. The third-order valence-corrected chi connectivity index (χ3v) is 2.23. The number of carbonyl (C=O) groups is 2. The molecule has 1 aromatic rings. The lowest BCUT2D eigenvalue weighted by atomic mass is 10.1. The van der Waals surface area contributed by atoms with Gasteiger partial charge in [-0.1, -0.05) is 13.3 Å². The first-order valence-corrected chi connectivity index (χ1v) is 5.08. The molecule has 0 fully saturated rings. The number of aromatic nitrogens is 2. The maximum absolute atomic E-state index is 11.7. The fraction of sp³-hybridized carbons (Fsp3) is 0.500. The summed E-state index contributed by atoms with van der Waals surface area (Å²) < 4.78 is 1.40. The van der Waals surface area contributed by atoms with E-state index in [1.807, 2.05) is 6.92 Å². The highest BCUT2D eigenvalue weighted by atomic mass is 16.4. The average Bonchev–Trinajstić information content (AvgIpc) is 2.63. The van der Waals surface area contributed by atoms with Crippen LogP contribution in [0.2, 0.25) is 0 Å². The molecule has 0 aliphatic rings. The first-order valence-electron chi connectivity index (χ1n) is 5.08. The van der Waals surface area contributed by atoms with Gasteiger partial charge in [0.15, 0.2) is 0 Å². The Morgan fingerprint density at radius 3 is 2.75 bits per heavy atom. The molecule has 0 unspecified atom stereocenters. The van der Waals surface area contributed by atoms with Crippen LogP contribution in [0.1, 0.15) is 30.3 Å². The summed E-state index contributed by atoms with van der Waals surface area (Å²) in [5.41, 5.74) is 0.349. The maximum atomic E-state index is 11.7. The van der Waals surface area contributed by atoms with Crippen LogP contribution >= 0.6 is 0 Å². The van der Waals surface area contributed by atoms with Crippen LogP contribution in [-0.4, -0.2) is 32.8 Å².